The van der Waals surface area contributed by atoms with Crippen molar-refractivity contribution in [3.63, 3.8) is 0 Å². The van der Waals surface area contributed by atoms with Gasteiger partial charge in [0, 0.05) is 28.4 Å². The van der Waals surface area contributed by atoms with Gasteiger partial charge in [0.2, 0.25) is 0 Å². The topological polar surface area (TPSA) is 86.2 Å². The molecule has 2 heterocycles. The number of Topliss-reactive ketones (excluding diaryl/α,β-unsaturated/α-hetero) is 1. The van der Waals surface area contributed by atoms with Gasteiger partial charge < -0.3 is 19.6 Å². The number of hydrogen-bond acceptors (Lipinski definition) is 6. The van der Waals surface area contributed by atoms with Crippen LogP contribution in [0.2, 0.25) is 0 Å². The number of rotatable bonds is 7. The number of fused-ring (bicyclic) bond motifs is 2. The second-order valence-corrected chi connectivity index (χ2v) is 8.61. The van der Waals surface area contributed by atoms with Gasteiger partial charge in [0.1, 0.15) is 23.1 Å². The van der Waals surface area contributed by atoms with E-state index >= 15 is 0 Å². The molecule has 7 heteroatoms. The number of ether oxygens (including phenoxy) is 2. The average molecular weight is 471 g/mol. The Morgan fingerprint density at radius 1 is 1.06 bits per heavy atom. The van der Waals surface area contributed by atoms with Crippen molar-refractivity contribution in [3.8, 4) is 11.5 Å². The lowest BCUT2D eigenvalue weighted by Gasteiger charge is -2.27. The second-order valence-electron chi connectivity index (χ2n) is 8.61. The largest absolute Gasteiger partial charge is 0.497 e. The number of anilines is 1. The molecule has 1 N–H and O–H groups in total. The lowest BCUT2D eigenvalue weighted by atomic mass is 9.74. The lowest BCUT2D eigenvalue weighted by Crippen LogP contribution is -2.46. The molecule has 2 atom stereocenters. The summed E-state index contributed by atoms with van der Waals surface area (Å²) < 4.78 is 10.9. The van der Waals surface area contributed by atoms with Crippen LogP contribution in [-0.2, 0) is 21.7 Å². The first-order chi connectivity index (χ1) is 17.0. The number of oxime groups is 1. The van der Waals surface area contributed by atoms with E-state index in [2.05, 4.69) is 17.4 Å². The molecular weight excluding hydrogens is 444 g/mol. The first kappa shape index (κ1) is 22.7. The summed E-state index contributed by atoms with van der Waals surface area (Å²) in [4.78, 5) is 33.5. The molecule has 178 valence electrons. The van der Waals surface area contributed by atoms with E-state index in [0.29, 0.717) is 39.6 Å². The van der Waals surface area contributed by atoms with Gasteiger partial charge in [-0.15, -0.1) is 0 Å². The van der Waals surface area contributed by atoms with Crippen LogP contribution in [0.1, 0.15) is 40.4 Å². The van der Waals surface area contributed by atoms with E-state index in [4.69, 9.17) is 14.3 Å². The van der Waals surface area contributed by atoms with Gasteiger partial charge in [-0.1, -0.05) is 61.0 Å². The van der Waals surface area contributed by atoms with Crippen molar-refractivity contribution in [2.24, 2.45) is 11.1 Å². The molecule has 0 aromatic heterocycles. The molecule has 0 bridgehead atoms. The third kappa shape index (κ3) is 3.55. The molecule has 5 rings (SSSR count). The molecule has 3 aromatic rings. The maximum Gasteiger partial charge on any atom is 0.277 e. The molecule has 0 aliphatic carbocycles. The van der Waals surface area contributed by atoms with E-state index in [1.54, 1.807) is 49.6 Å². The van der Waals surface area contributed by atoms with E-state index in [0.717, 1.165) is 18.4 Å². The third-order valence-electron chi connectivity index (χ3n) is 6.60. The van der Waals surface area contributed by atoms with Crippen LogP contribution in [0.4, 0.5) is 5.69 Å². The van der Waals surface area contributed by atoms with E-state index in [1.807, 2.05) is 24.3 Å². The van der Waals surface area contributed by atoms with Crippen molar-refractivity contribution in [3.05, 3.63) is 89.0 Å². The number of ketones is 1. The average Bonchev–Trinajstić information content (AvgIpc) is 3.42. The summed E-state index contributed by atoms with van der Waals surface area (Å²) in [6.45, 7) is 2.11. The summed E-state index contributed by atoms with van der Waals surface area (Å²) in [5, 5.41) is 7.21. The molecule has 7 nitrogen and oxygen atoms in total. The Balaban J connectivity index is 1.66. The zero-order valence-corrected chi connectivity index (χ0v) is 19.8. The maximum atomic E-state index is 14.1. The van der Waals surface area contributed by atoms with Gasteiger partial charge >= 0.3 is 0 Å². The highest BCUT2D eigenvalue weighted by molar-refractivity contribution is 6.25. The highest BCUT2D eigenvalue weighted by atomic mass is 16.7. The van der Waals surface area contributed by atoms with Gasteiger partial charge in [-0.25, -0.2) is 0 Å². The SMILES string of the molecule is CCCc1ccc(C(=O)C2C(c3ccc(OC)cc3OC)=NOC23C(=O)Nc2ccccc23)cc1. The Morgan fingerprint density at radius 2 is 1.83 bits per heavy atom. The van der Waals surface area contributed by atoms with Crippen molar-refractivity contribution in [2.45, 2.75) is 25.4 Å². The summed E-state index contributed by atoms with van der Waals surface area (Å²) in [5.74, 6) is -0.643. The molecule has 2 aliphatic heterocycles. The number of nitrogens with zero attached hydrogens (tertiary/aromatic N) is 1. The van der Waals surface area contributed by atoms with E-state index in [9.17, 15) is 9.59 Å². The smallest absolute Gasteiger partial charge is 0.277 e. The fourth-order valence-corrected chi connectivity index (χ4v) is 4.86. The van der Waals surface area contributed by atoms with Crippen molar-refractivity contribution >= 4 is 23.1 Å². The van der Waals surface area contributed by atoms with Crippen molar-refractivity contribution < 1.29 is 23.9 Å². The number of aryl methyl sites for hydroxylation is 1. The Kier molecular flexibility index (Phi) is 5.76. The number of hydrogen-bond donors (Lipinski definition) is 1. The fourth-order valence-electron chi connectivity index (χ4n) is 4.86. The zero-order valence-electron chi connectivity index (χ0n) is 19.8. The minimum atomic E-state index is -1.62. The van der Waals surface area contributed by atoms with E-state index in [-0.39, 0.29) is 5.78 Å². The Bertz CT molecular complexity index is 1330. The number of carbonyl (C=O) groups excluding carboxylic acids is 2. The molecule has 0 saturated carbocycles. The van der Waals surface area contributed by atoms with Gasteiger partial charge in [0.25, 0.3) is 11.5 Å². The molecule has 0 fully saturated rings. The number of para-hydroxylation sites is 1. The van der Waals surface area contributed by atoms with Crippen LogP contribution in [0.25, 0.3) is 0 Å². The molecule has 1 spiro atoms. The molecule has 0 radical (unpaired) electrons. The van der Waals surface area contributed by atoms with Crippen LogP contribution in [0.3, 0.4) is 0 Å². The van der Waals surface area contributed by atoms with Crippen LogP contribution in [-0.4, -0.2) is 31.6 Å². The zero-order chi connectivity index (χ0) is 24.6. The predicted octanol–water partition coefficient (Wildman–Crippen LogP) is 4.74. The van der Waals surface area contributed by atoms with E-state index < -0.39 is 17.4 Å². The van der Waals surface area contributed by atoms with Crippen molar-refractivity contribution in [1.29, 1.82) is 0 Å². The molecule has 2 unspecified atom stereocenters. The monoisotopic (exact) mass is 470 g/mol. The Morgan fingerprint density at radius 3 is 2.54 bits per heavy atom. The number of carbonyl (C=O) groups is 2. The van der Waals surface area contributed by atoms with Gasteiger partial charge in [-0.3, -0.25) is 9.59 Å². The van der Waals surface area contributed by atoms with Crippen LogP contribution in [0.5, 0.6) is 11.5 Å². The predicted molar refractivity (Wildman–Crippen MR) is 132 cm³/mol. The van der Waals surface area contributed by atoms with Crippen LogP contribution >= 0.6 is 0 Å². The maximum absolute atomic E-state index is 14.1. The lowest BCUT2D eigenvalue weighted by molar-refractivity contribution is -0.140. The van der Waals surface area contributed by atoms with Crippen molar-refractivity contribution in [1.82, 2.24) is 0 Å². The standard InChI is InChI=1S/C28H26N2O5/c1-4-7-17-10-12-18(13-11-17)26(31)24-25(20-15-14-19(33-2)16-23(20)34-3)30-35-28(24)21-8-5-6-9-22(21)29-27(28)32/h5-6,8-16,24H,4,7H2,1-3H3,(H,29,32). The normalized spacial score (nSPS) is 20.1. The quantitative estimate of drug-likeness (QED) is 0.504. The molecule has 3 aromatic carbocycles. The molecule has 2 aliphatic rings. The van der Waals surface area contributed by atoms with Gasteiger partial charge in [0.15, 0.2) is 5.78 Å². The minimum Gasteiger partial charge on any atom is -0.497 e. The number of benzene rings is 3. The molecule has 1 amide bonds. The third-order valence-corrected chi connectivity index (χ3v) is 6.60. The number of amides is 1. The number of methoxy groups -OCH3 is 2. The first-order valence-corrected chi connectivity index (χ1v) is 11.6. The summed E-state index contributed by atoms with van der Waals surface area (Å²) in [6.07, 6.45) is 1.94. The molecule has 0 saturated heterocycles. The highest BCUT2D eigenvalue weighted by Gasteiger charge is 2.63. The Hall–Kier alpha value is -4.13. The van der Waals surface area contributed by atoms with Crippen LogP contribution < -0.4 is 14.8 Å². The minimum absolute atomic E-state index is 0.256. The van der Waals surface area contributed by atoms with Crippen molar-refractivity contribution in [2.75, 3.05) is 19.5 Å². The fraction of sp³-hybridized carbons (Fsp3) is 0.250. The summed E-state index contributed by atoms with van der Waals surface area (Å²) in [5.41, 5.74) is 2.09. The van der Waals surface area contributed by atoms with E-state index in [1.165, 1.54) is 7.11 Å². The Labute approximate surface area is 203 Å². The summed E-state index contributed by atoms with van der Waals surface area (Å²) >= 11 is 0. The molecular formula is C28H26N2O5. The van der Waals surface area contributed by atoms with Gasteiger partial charge in [-0.2, -0.15) is 0 Å². The number of nitrogens with one attached hydrogen (secondary N) is 1. The van der Waals surface area contributed by atoms with Crippen LogP contribution in [0.15, 0.2) is 71.9 Å². The summed E-state index contributed by atoms with van der Waals surface area (Å²) in [6, 6.07) is 20.0. The van der Waals surface area contributed by atoms with Gasteiger partial charge in [0.05, 0.1) is 14.2 Å². The summed E-state index contributed by atoms with van der Waals surface area (Å²) in [7, 11) is 3.10. The first-order valence-electron chi connectivity index (χ1n) is 11.6. The highest BCUT2D eigenvalue weighted by Crippen LogP contribution is 2.50. The second kappa shape index (κ2) is 8.91. The van der Waals surface area contributed by atoms with Crippen LogP contribution in [0, 0.1) is 5.92 Å². The molecule has 35 heavy (non-hydrogen) atoms. The van der Waals surface area contributed by atoms with Gasteiger partial charge in [-0.05, 0) is 30.2 Å².